The highest BCUT2D eigenvalue weighted by molar-refractivity contribution is 5.78. The van der Waals surface area contributed by atoms with E-state index >= 15 is 0 Å². The summed E-state index contributed by atoms with van der Waals surface area (Å²) in [5.41, 5.74) is 2.91. The van der Waals surface area contributed by atoms with Crippen LogP contribution in [0.2, 0.25) is 0 Å². The molecule has 2 heterocycles. The monoisotopic (exact) mass is 273 g/mol. The number of nitrogens with zero attached hydrogens (tertiary/aromatic N) is 2. The minimum atomic E-state index is 0.834. The number of fused-ring (bicyclic) bond motifs is 1. The van der Waals surface area contributed by atoms with Crippen LogP contribution in [0.4, 0.5) is 0 Å². The first-order valence-corrected chi connectivity index (χ1v) is 7.91. The van der Waals surface area contributed by atoms with E-state index in [4.69, 9.17) is 0 Å². The Labute approximate surface area is 122 Å². The van der Waals surface area contributed by atoms with Crippen molar-refractivity contribution in [2.45, 2.75) is 18.9 Å². The van der Waals surface area contributed by atoms with Crippen molar-refractivity contribution in [2.75, 3.05) is 46.8 Å². The lowest BCUT2D eigenvalue weighted by Gasteiger charge is -2.18. The van der Waals surface area contributed by atoms with Gasteiger partial charge in [0.1, 0.15) is 12.6 Å². The second kappa shape index (κ2) is 6.06. The van der Waals surface area contributed by atoms with Crippen molar-refractivity contribution in [3.63, 3.8) is 0 Å². The number of hydrogen-bond donors (Lipinski definition) is 1. The lowest BCUT2D eigenvalue weighted by atomic mass is 10.0. The second-order valence-electron chi connectivity index (χ2n) is 6.48. The third-order valence-corrected chi connectivity index (χ3v) is 4.84. The van der Waals surface area contributed by atoms with Gasteiger partial charge in [-0.2, -0.15) is 0 Å². The van der Waals surface area contributed by atoms with E-state index in [1.54, 1.807) is 4.90 Å². The Balaban J connectivity index is 1.54. The van der Waals surface area contributed by atoms with Crippen molar-refractivity contribution in [3.05, 3.63) is 35.4 Å². The lowest BCUT2D eigenvalue weighted by molar-refractivity contribution is -0.883. The molecular weight excluding hydrogens is 246 g/mol. The fourth-order valence-electron chi connectivity index (χ4n) is 3.37. The molecule has 0 aliphatic carbocycles. The maximum atomic E-state index is 2.63. The van der Waals surface area contributed by atoms with Gasteiger partial charge >= 0.3 is 0 Å². The van der Waals surface area contributed by atoms with E-state index in [2.05, 4.69) is 54.1 Å². The topological polar surface area (TPSA) is 10.7 Å². The van der Waals surface area contributed by atoms with Crippen molar-refractivity contribution >= 4 is 6.21 Å². The van der Waals surface area contributed by atoms with Gasteiger partial charge in [0, 0.05) is 24.9 Å². The Morgan fingerprint density at radius 1 is 1.30 bits per heavy atom. The zero-order valence-corrected chi connectivity index (χ0v) is 12.8. The Kier molecular flexibility index (Phi) is 4.18. The van der Waals surface area contributed by atoms with Gasteiger partial charge in [0.15, 0.2) is 12.8 Å². The van der Waals surface area contributed by atoms with Crippen LogP contribution in [0, 0.1) is 0 Å². The van der Waals surface area contributed by atoms with Gasteiger partial charge in [-0.25, -0.2) is 4.58 Å². The summed E-state index contributed by atoms with van der Waals surface area (Å²) >= 11 is 0. The predicted molar refractivity (Wildman–Crippen MR) is 83.0 cm³/mol. The molecule has 1 N–H and O–H groups in total. The third kappa shape index (κ3) is 3.10. The fraction of sp³-hybridized carbons (Fsp3) is 0.588. The van der Waals surface area contributed by atoms with Crippen molar-refractivity contribution in [3.8, 4) is 0 Å². The number of likely N-dealkylation sites (N-methyl/N-ethyl adjacent to an activating group) is 1. The summed E-state index contributed by atoms with van der Waals surface area (Å²) in [7, 11) is 4.56. The molecule has 0 spiro atoms. The van der Waals surface area contributed by atoms with E-state index in [1.807, 2.05) is 0 Å². The normalized spacial score (nSPS) is 22.9. The van der Waals surface area contributed by atoms with Crippen LogP contribution >= 0.6 is 0 Å². The van der Waals surface area contributed by atoms with Crippen LogP contribution in [-0.2, 0) is 6.42 Å². The fourth-order valence-corrected chi connectivity index (χ4v) is 3.37. The Morgan fingerprint density at radius 2 is 2.15 bits per heavy atom. The summed E-state index contributed by atoms with van der Waals surface area (Å²) in [6, 6.07) is 9.62. The maximum absolute atomic E-state index is 2.63. The third-order valence-electron chi connectivity index (χ3n) is 4.84. The maximum Gasteiger partial charge on any atom is 0.171 e. The average molecular weight is 273 g/mol. The molecule has 1 unspecified atom stereocenters. The number of rotatable bonds is 4. The number of benzene rings is 1. The van der Waals surface area contributed by atoms with E-state index in [-0.39, 0.29) is 0 Å². The first-order chi connectivity index (χ1) is 9.72. The molecule has 0 amide bonds. The molecule has 108 valence electrons. The van der Waals surface area contributed by atoms with E-state index in [0.29, 0.717) is 0 Å². The summed E-state index contributed by atoms with van der Waals surface area (Å²) in [6.07, 6.45) is 4.90. The average Bonchev–Trinajstić information content (AvgIpc) is 2.94. The summed E-state index contributed by atoms with van der Waals surface area (Å²) in [6.45, 7) is 6.10. The second-order valence-corrected chi connectivity index (χ2v) is 6.48. The van der Waals surface area contributed by atoms with Crippen LogP contribution in [-0.4, -0.2) is 68.6 Å². The zero-order chi connectivity index (χ0) is 13.9. The van der Waals surface area contributed by atoms with Gasteiger partial charge in [0.25, 0.3) is 0 Å². The molecule has 1 fully saturated rings. The minimum Gasteiger partial charge on any atom is -0.336 e. The highest BCUT2D eigenvalue weighted by Crippen LogP contribution is 2.11. The van der Waals surface area contributed by atoms with E-state index < -0.39 is 0 Å². The van der Waals surface area contributed by atoms with Gasteiger partial charge in [-0.05, 0) is 11.6 Å². The van der Waals surface area contributed by atoms with Crippen LogP contribution in [0.3, 0.4) is 0 Å². The molecule has 1 aromatic carbocycles. The van der Waals surface area contributed by atoms with Gasteiger partial charge in [0.05, 0.1) is 27.2 Å². The molecule has 3 rings (SSSR count). The van der Waals surface area contributed by atoms with Gasteiger partial charge in [-0.15, -0.1) is 0 Å². The molecule has 0 saturated carbocycles. The first kappa shape index (κ1) is 13.8. The Morgan fingerprint density at radius 3 is 2.95 bits per heavy atom. The van der Waals surface area contributed by atoms with E-state index in [1.165, 1.54) is 56.7 Å². The summed E-state index contributed by atoms with van der Waals surface area (Å²) in [5, 5.41) is 0. The van der Waals surface area contributed by atoms with Gasteiger partial charge < -0.3 is 4.90 Å². The van der Waals surface area contributed by atoms with Crippen LogP contribution in [0.25, 0.3) is 0 Å². The van der Waals surface area contributed by atoms with Crippen molar-refractivity contribution in [2.24, 2.45) is 0 Å². The van der Waals surface area contributed by atoms with Gasteiger partial charge in [0.2, 0.25) is 0 Å². The number of quaternary nitrogens is 1. The minimum absolute atomic E-state index is 0.834. The Hall–Kier alpha value is -1.19. The SMILES string of the molecule is C[NH+](C)C1CCN(CC[N+]2=Cc3ccccc3CC2)C1. The lowest BCUT2D eigenvalue weighted by Crippen LogP contribution is -3.10. The van der Waals surface area contributed by atoms with Crippen LogP contribution in [0.1, 0.15) is 17.5 Å². The molecule has 2 aliphatic heterocycles. The predicted octanol–water partition coefficient (Wildman–Crippen LogP) is -0.107. The molecule has 0 radical (unpaired) electrons. The van der Waals surface area contributed by atoms with E-state index in [9.17, 15) is 0 Å². The highest BCUT2D eigenvalue weighted by Gasteiger charge is 2.27. The molecule has 0 aromatic heterocycles. The molecular formula is C17H27N3+2. The number of nitrogens with one attached hydrogen (secondary N) is 1. The quantitative estimate of drug-likeness (QED) is 0.754. The molecule has 1 saturated heterocycles. The highest BCUT2D eigenvalue weighted by atomic mass is 15.2. The summed E-state index contributed by atoms with van der Waals surface area (Å²) in [4.78, 5) is 4.23. The molecule has 20 heavy (non-hydrogen) atoms. The molecule has 2 aliphatic rings. The van der Waals surface area contributed by atoms with Crippen molar-refractivity contribution in [1.29, 1.82) is 0 Å². The molecule has 3 nitrogen and oxygen atoms in total. The molecule has 1 aromatic rings. The standard InChI is InChI=1S/C17H26N3/c1-18(2)17-8-10-20(14-17)12-11-19-9-7-15-5-3-4-6-16(15)13-19/h3-6,13,17H,7-12,14H2,1-2H3/q+1/p+1. The largest absolute Gasteiger partial charge is 0.336 e. The van der Waals surface area contributed by atoms with Gasteiger partial charge in [-0.3, -0.25) is 4.90 Å². The zero-order valence-electron chi connectivity index (χ0n) is 12.8. The summed E-state index contributed by atoms with van der Waals surface area (Å²) in [5.74, 6) is 0. The molecule has 0 bridgehead atoms. The molecule has 3 heteroatoms. The Bertz CT molecular complexity index is 493. The summed E-state index contributed by atoms with van der Waals surface area (Å²) < 4.78 is 2.50. The van der Waals surface area contributed by atoms with Crippen molar-refractivity contribution in [1.82, 2.24) is 4.90 Å². The van der Waals surface area contributed by atoms with Crippen LogP contribution < -0.4 is 4.90 Å². The van der Waals surface area contributed by atoms with Crippen LogP contribution in [0.15, 0.2) is 24.3 Å². The smallest absolute Gasteiger partial charge is 0.171 e. The number of hydrogen-bond acceptors (Lipinski definition) is 1. The van der Waals surface area contributed by atoms with Crippen LogP contribution in [0.5, 0.6) is 0 Å². The van der Waals surface area contributed by atoms with E-state index in [0.717, 1.165) is 6.04 Å². The first-order valence-electron chi connectivity index (χ1n) is 7.91. The molecule has 1 atom stereocenters. The van der Waals surface area contributed by atoms with Gasteiger partial charge in [-0.1, -0.05) is 18.2 Å². The van der Waals surface area contributed by atoms with Crippen molar-refractivity contribution < 1.29 is 9.48 Å². The number of likely N-dealkylation sites (tertiary alicyclic amines) is 1.